The molecule has 0 spiro atoms. The van der Waals surface area contributed by atoms with Crippen molar-refractivity contribution in [3.05, 3.63) is 48.0 Å². The van der Waals surface area contributed by atoms with E-state index in [0.29, 0.717) is 11.3 Å². The second-order valence-electron chi connectivity index (χ2n) is 9.10. The van der Waals surface area contributed by atoms with Crippen molar-refractivity contribution in [1.29, 1.82) is 0 Å². The standard InChI is InChI=1S/C26H34N2O8S2/c1-19-16-28(20(2)18-29)38(32,33)26-12-11-21(8-7-13-34-4)14-24(26)36-25(19)17-27(3)37(30,31)23-10-6-9-22(15-23)35-5/h6,9-12,14-15,19-20,25,29H,13,16-18H2,1-5H3/t19-,20+,25+/m0/s1. The molecule has 1 N–H and O–H groups in total. The highest BCUT2D eigenvalue weighted by molar-refractivity contribution is 7.89. The van der Waals surface area contributed by atoms with Gasteiger partial charge in [-0.3, -0.25) is 0 Å². The molecule has 0 aromatic heterocycles. The van der Waals surface area contributed by atoms with Crippen molar-refractivity contribution >= 4 is 20.0 Å². The van der Waals surface area contributed by atoms with Crippen LogP contribution in [0.4, 0.5) is 0 Å². The SMILES string of the molecule is COCC#Cc1ccc2c(c1)O[C@H](CN(C)S(=O)(=O)c1cccc(OC)c1)[C@@H](C)CN([C@H](C)CO)S2(=O)=O. The van der Waals surface area contributed by atoms with Gasteiger partial charge in [0.1, 0.15) is 29.1 Å². The number of benzene rings is 2. The Hall–Kier alpha value is -2.66. The maximum absolute atomic E-state index is 13.6. The number of fused-ring (bicyclic) bond motifs is 1. The van der Waals surface area contributed by atoms with Crippen LogP contribution in [0.25, 0.3) is 0 Å². The molecule has 2 aromatic rings. The van der Waals surface area contributed by atoms with E-state index < -0.39 is 38.1 Å². The van der Waals surface area contributed by atoms with Crippen LogP contribution in [-0.2, 0) is 24.8 Å². The van der Waals surface area contributed by atoms with Gasteiger partial charge in [-0.1, -0.05) is 24.8 Å². The van der Waals surface area contributed by atoms with Crippen LogP contribution in [0, 0.1) is 17.8 Å². The minimum Gasteiger partial charge on any atom is -0.497 e. The summed E-state index contributed by atoms with van der Waals surface area (Å²) in [7, 11) is -3.52. The van der Waals surface area contributed by atoms with Crippen molar-refractivity contribution in [2.45, 2.75) is 35.8 Å². The number of aliphatic hydroxyl groups is 1. The smallest absolute Gasteiger partial charge is 0.247 e. The molecule has 2 aromatic carbocycles. The van der Waals surface area contributed by atoms with E-state index in [9.17, 15) is 21.9 Å². The molecule has 38 heavy (non-hydrogen) atoms. The molecule has 0 fully saturated rings. The molecule has 3 rings (SSSR count). The van der Waals surface area contributed by atoms with E-state index in [1.165, 1.54) is 54.1 Å². The van der Waals surface area contributed by atoms with Crippen LogP contribution in [0.2, 0.25) is 0 Å². The number of sulfonamides is 2. The highest BCUT2D eigenvalue weighted by Crippen LogP contribution is 2.34. The number of hydrogen-bond acceptors (Lipinski definition) is 8. The van der Waals surface area contributed by atoms with Crippen LogP contribution in [0.5, 0.6) is 11.5 Å². The van der Waals surface area contributed by atoms with E-state index in [1.807, 2.05) is 0 Å². The zero-order chi connectivity index (χ0) is 28.1. The maximum atomic E-state index is 13.6. The number of methoxy groups -OCH3 is 2. The van der Waals surface area contributed by atoms with Gasteiger partial charge in [0.15, 0.2) is 0 Å². The minimum atomic E-state index is -4.03. The Kier molecular flexibility index (Phi) is 9.80. The predicted octanol–water partition coefficient (Wildman–Crippen LogP) is 1.78. The second-order valence-corrected chi connectivity index (χ2v) is 13.0. The van der Waals surface area contributed by atoms with Crippen molar-refractivity contribution in [2.75, 3.05) is 47.6 Å². The van der Waals surface area contributed by atoms with Crippen molar-refractivity contribution in [3.63, 3.8) is 0 Å². The van der Waals surface area contributed by atoms with Crippen molar-refractivity contribution in [2.24, 2.45) is 5.92 Å². The largest absolute Gasteiger partial charge is 0.497 e. The Morgan fingerprint density at radius 3 is 2.63 bits per heavy atom. The monoisotopic (exact) mass is 566 g/mol. The number of rotatable bonds is 8. The van der Waals surface area contributed by atoms with Gasteiger partial charge < -0.3 is 19.3 Å². The van der Waals surface area contributed by atoms with Gasteiger partial charge in [0, 0.05) is 44.3 Å². The van der Waals surface area contributed by atoms with Gasteiger partial charge in [0.2, 0.25) is 20.0 Å². The molecule has 208 valence electrons. The van der Waals surface area contributed by atoms with Crippen molar-refractivity contribution in [1.82, 2.24) is 8.61 Å². The Balaban J connectivity index is 2.04. The second kappa shape index (κ2) is 12.5. The molecule has 0 aliphatic carbocycles. The summed E-state index contributed by atoms with van der Waals surface area (Å²) in [5.41, 5.74) is 0.516. The van der Waals surface area contributed by atoms with E-state index in [2.05, 4.69) is 11.8 Å². The lowest BCUT2D eigenvalue weighted by atomic mass is 10.0. The Labute approximate surface area is 225 Å². The van der Waals surface area contributed by atoms with Crippen LogP contribution < -0.4 is 9.47 Å². The molecular weight excluding hydrogens is 532 g/mol. The molecule has 12 heteroatoms. The van der Waals surface area contributed by atoms with Crippen LogP contribution in [-0.4, -0.2) is 90.3 Å². The van der Waals surface area contributed by atoms with Crippen molar-refractivity contribution < 1.29 is 36.2 Å². The average Bonchev–Trinajstić information content (AvgIpc) is 2.90. The summed E-state index contributed by atoms with van der Waals surface area (Å²) in [6, 6.07) is 9.98. The number of hydrogen-bond donors (Lipinski definition) is 1. The summed E-state index contributed by atoms with van der Waals surface area (Å²) >= 11 is 0. The fraction of sp³-hybridized carbons (Fsp3) is 0.462. The first-order valence-corrected chi connectivity index (χ1v) is 14.8. The van der Waals surface area contributed by atoms with Crippen LogP contribution in [0.15, 0.2) is 52.3 Å². The predicted molar refractivity (Wildman–Crippen MR) is 142 cm³/mol. The third kappa shape index (κ3) is 6.48. The van der Waals surface area contributed by atoms with E-state index in [4.69, 9.17) is 14.2 Å². The van der Waals surface area contributed by atoms with Gasteiger partial charge in [-0.25, -0.2) is 16.8 Å². The van der Waals surface area contributed by atoms with Crippen LogP contribution in [0.3, 0.4) is 0 Å². The fourth-order valence-electron chi connectivity index (χ4n) is 4.02. The Morgan fingerprint density at radius 2 is 1.97 bits per heavy atom. The summed E-state index contributed by atoms with van der Waals surface area (Å²) < 4.78 is 72.7. The van der Waals surface area contributed by atoms with Gasteiger partial charge >= 0.3 is 0 Å². The van der Waals surface area contributed by atoms with Gasteiger partial charge in [-0.15, -0.1) is 0 Å². The molecule has 0 amide bonds. The Morgan fingerprint density at radius 1 is 1.24 bits per heavy atom. The third-order valence-corrected chi connectivity index (χ3v) is 10.1. The molecule has 1 aliphatic heterocycles. The molecule has 1 aliphatic rings. The lowest BCUT2D eigenvalue weighted by Gasteiger charge is -2.37. The molecule has 0 saturated carbocycles. The van der Waals surface area contributed by atoms with E-state index in [-0.39, 0.29) is 41.8 Å². The van der Waals surface area contributed by atoms with Crippen LogP contribution >= 0.6 is 0 Å². The first-order valence-electron chi connectivity index (χ1n) is 12.0. The molecular formula is C26H34N2O8S2. The molecule has 10 nitrogen and oxygen atoms in total. The normalized spacial score (nSPS) is 20.3. The van der Waals surface area contributed by atoms with Crippen LogP contribution in [0.1, 0.15) is 19.4 Å². The number of nitrogens with zero attached hydrogens (tertiary/aromatic N) is 2. The molecule has 0 saturated heterocycles. The molecule has 0 radical (unpaired) electrons. The topological polar surface area (TPSA) is 123 Å². The van der Waals surface area contributed by atoms with E-state index >= 15 is 0 Å². The van der Waals surface area contributed by atoms with Gasteiger partial charge in [0.25, 0.3) is 0 Å². The fourth-order valence-corrected chi connectivity index (χ4v) is 7.07. The minimum absolute atomic E-state index is 0.0244. The van der Waals surface area contributed by atoms with Crippen molar-refractivity contribution in [3.8, 4) is 23.3 Å². The van der Waals surface area contributed by atoms with Gasteiger partial charge in [0.05, 0.1) is 25.2 Å². The van der Waals surface area contributed by atoms with E-state index in [1.54, 1.807) is 32.0 Å². The van der Waals surface area contributed by atoms with E-state index in [0.717, 1.165) is 0 Å². The lowest BCUT2D eigenvalue weighted by molar-refractivity contribution is 0.0904. The summed E-state index contributed by atoms with van der Waals surface area (Å²) in [5, 5.41) is 9.80. The summed E-state index contributed by atoms with van der Waals surface area (Å²) in [4.78, 5) is -0.0163. The molecule has 0 bridgehead atoms. The highest BCUT2D eigenvalue weighted by Gasteiger charge is 2.39. The quantitative estimate of drug-likeness (QED) is 0.480. The zero-order valence-electron chi connectivity index (χ0n) is 22.1. The first kappa shape index (κ1) is 29.9. The number of aliphatic hydroxyl groups excluding tert-OH is 1. The van der Waals surface area contributed by atoms with Gasteiger partial charge in [-0.2, -0.15) is 8.61 Å². The average molecular weight is 567 g/mol. The highest BCUT2D eigenvalue weighted by atomic mass is 32.2. The molecule has 3 atom stereocenters. The third-order valence-electron chi connectivity index (χ3n) is 6.30. The summed E-state index contributed by atoms with van der Waals surface area (Å²) in [5.74, 6) is 5.77. The lowest BCUT2D eigenvalue weighted by Crippen LogP contribution is -2.50. The molecule has 1 heterocycles. The molecule has 0 unspecified atom stereocenters. The maximum Gasteiger partial charge on any atom is 0.247 e. The first-order chi connectivity index (χ1) is 17.9. The van der Waals surface area contributed by atoms with Gasteiger partial charge in [-0.05, 0) is 37.3 Å². The summed E-state index contributed by atoms with van der Waals surface area (Å²) in [6.07, 6.45) is -0.717. The Bertz CT molecular complexity index is 1400. The zero-order valence-corrected chi connectivity index (χ0v) is 23.8. The number of ether oxygens (including phenoxy) is 3. The number of likely N-dealkylation sites (N-methyl/N-ethyl adjacent to an activating group) is 1. The summed E-state index contributed by atoms with van der Waals surface area (Å²) in [6.45, 7) is 3.20.